The number of carbonyl (C=O) groups excluding carboxylic acids is 2. The van der Waals surface area contributed by atoms with E-state index in [-0.39, 0.29) is 5.69 Å². The van der Waals surface area contributed by atoms with Crippen molar-refractivity contribution in [3.63, 3.8) is 0 Å². The highest BCUT2D eigenvalue weighted by Gasteiger charge is 2.39. The molecule has 1 atom stereocenters. The van der Waals surface area contributed by atoms with Gasteiger partial charge in [-0.1, -0.05) is 19.3 Å². The average Bonchev–Trinajstić information content (AvgIpc) is 2.93. The van der Waals surface area contributed by atoms with Crippen LogP contribution in [0.4, 0.5) is 0 Å². The molecule has 26 heavy (non-hydrogen) atoms. The van der Waals surface area contributed by atoms with Gasteiger partial charge in [0.25, 0.3) is 5.91 Å². The van der Waals surface area contributed by atoms with Gasteiger partial charge in [0.1, 0.15) is 11.2 Å². The summed E-state index contributed by atoms with van der Waals surface area (Å²) < 4.78 is 5.17. The number of aryl methyl sites for hydroxylation is 1. The first-order valence-corrected chi connectivity index (χ1v) is 8.95. The Hall–Kier alpha value is -2.33. The summed E-state index contributed by atoms with van der Waals surface area (Å²) in [5.74, 6) is -1.03. The number of aromatic amines is 1. The van der Waals surface area contributed by atoms with Gasteiger partial charge in [-0.25, -0.2) is 4.79 Å². The lowest BCUT2D eigenvalue weighted by molar-refractivity contribution is -0.138. The second-order valence-electron chi connectivity index (χ2n) is 7.07. The minimum Gasteiger partial charge on any atom is -0.451 e. The average molecular weight is 361 g/mol. The van der Waals surface area contributed by atoms with Crippen LogP contribution in [0.2, 0.25) is 0 Å². The fraction of sp³-hybridized carbons (Fsp3) is 0.632. The molecule has 1 fully saturated rings. The zero-order valence-corrected chi connectivity index (χ0v) is 15.9. The van der Waals surface area contributed by atoms with Crippen molar-refractivity contribution < 1.29 is 19.4 Å². The Morgan fingerprint density at radius 2 is 1.96 bits per heavy atom. The molecule has 7 heteroatoms. The Balaban J connectivity index is 2.04. The molecule has 7 nitrogen and oxygen atoms in total. The van der Waals surface area contributed by atoms with E-state index in [2.05, 4.69) is 11.1 Å². The molecule has 0 aromatic carbocycles. The third-order valence-electron chi connectivity index (χ3n) is 5.35. The highest BCUT2D eigenvalue weighted by molar-refractivity contribution is 5.91. The number of nitrogens with one attached hydrogen (secondary N) is 1. The van der Waals surface area contributed by atoms with Crippen molar-refractivity contribution in [1.82, 2.24) is 9.88 Å². The van der Waals surface area contributed by atoms with Gasteiger partial charge in [-0.2, -0.15) is 5.26 Å². The van der Waals surface area contributed by atoms with Gasteiger partial charge in [-0.15, -0.1) is 0 Å². The van der Waals surface area contributed by atoms with E-state index in [1.165, 1.54) is 4.90 Å². The zero-order chi connectivity index (χ0) is 19.5. The molecule has 1 saturated carbocycles. The fourth-order valence-electron chi connectivity index (χ4n) is 3.79. The highest BCUT2D eigenvalue weighted by Crippen LogP contribution is 2.32. The van der Waals surface area contributed by atoms with Crippen LogP contribution in [0.25, 0.3) is 0 Å². The van der Waals surface area contributed by atoms with Crippen LogP contribution in [-0.4, -0.2) is 46.1 Å². The number of hydrogen-bond acceptors (Lipinski definition) is 5. The van der Waals surface area contributed by atoms with Crippen molar-refractivity contribution in [3.8, 4) is 6.07 Å². The number of amides is 1. The van der Waals surface area contributed by atoms with Crippen LogP contribution in [0.1, 0.15) is 72.4 Å². The molecule has 0 saturated heterocycles. The van der Waals surface area contributed by atoms with E-state index in [1.807, 2.05) is 0 Å². The van der Waals surface area contributed by atoms with Crippen molar-refractivity contribution in [2.24, 2.45) is 0 Å². The molecule has 1 aliphatic rings. The van der Waals surface area contributed by atoms with E-state index < -0.39 is 30.1 Å². The topological polar surface area (TPSA) is 106 Å². The molecule has 0 aliphatic heterocycles. The smallest absolute Gasteiger partial charge is 0.355 e. The first kappa shape index (κ1) is 20.0. The summed E-state index contributed by atoms with van der Waals surface area (Å²) in [6, 6.07) is 2.28. The third kappa shape index (κ3) is 3.75. The molecule has 0 bridgehead atoms. The van der Waals surface area contributed by atoms with Crippen LogP contribution in [0.3, 0.4) is 0 Å². The summed E-state index contributed by atoms with van der Waals surface area (Å²) in [5.41, 5.74) is 1.40. The summed E-state index contributed by atoms with van der Waals surface area (Å²) in [7, 11) is 1.60. The summed E-state index contributed by atoms with van der Waals surface area (Å²) in [6.45, 7) is 4.70. The van der Waals surface area contributed by atoms with Gasteiger partial charge < -0.3 is 19.7 Å². The number of aliphatic hydroxyl groups excluding tert-OH is 1. The minimum atomic E-state index is -0.805. The number of esters is 1. The third-order valence-corrected chi connectivity index (χ3v) is 5.35. The number of likely N-dealkylation sites (N-methyl/N-ethyl adjacent to an activating group) is 1. The van der Waals surface area contributed by atoms with Gasteiger partial charge in [-0.3, -0.25) is 4.79 Å². The van der Waals surface area contributed by atoms with Crippen molar-refractivity contribution in [1.29, 1.82) is 5.26 Å². The minimum absolute atomic E-state index is 0.238. The second-order valence-corrected chi connectivity index (χ2v) is 7.07. The first-order chi connectivity index (χ1) is 12.2. The molecule has 2 rings (SSSR count). The Labute approximate surface area is 153 Å². The first-order valence-electron chi connectivity index (χ1n) is 8.95. The van der Waals surface area contributed by atoms with E-state index in [9.17, 15) is 20.0 Å². The lowest BCUT2D eigenvalue weighted by Gasteiger charge is -2.38. The Kier molecular flexibility index (Phi) is 6.09. The monoisotopic (exact) mass is 361 g/mol. The molecule has 0 spiro atoms. The number of nitriles is 1. The molecule has 1 amide bonds. The number of aliphatic hydroxyl groups is 1. The molecule has 1 aromatic heterocycles. The lowest BCUT2D eigenvalue weighted by Crippen LogP contribution is -2.51. The maximum atomic E-state index is 12.5. The molecule has 0 radical (unpaired) electrons. The number of aromatic nitrogens is 1. The lowest BCUT2D eigenvalue weighted by atomic mass is 9.81. The van der Waals surface area contributed by atoms with E-state index in [4.69, 9.17) is 4.74 Å². The quantitative estimate of drug-likeness (QED) is 0.784. The Bertz CT molecular complexity index is 724. The van der Waals surface area contributed by atoms with Gasteiger partial charge in [-0.05, 0) is 39.2 Å². The molecule has 142 valence electrons. The normalized spacial score (nSPS) is 17.2. The molecule has 1 aliphatic carbocycles. The van der Waals surface area contributed by atoms with Crippen LogP contribution < -0.4 is 0 Å². The Morgan fingerprint density at radius 1 is 1.35 bits per heavy atom. The van der Waals surface area contributed by atoms with Crippen LogP contribution in [0.15, 0.2) is 0 Å². The number of H-pyrrole nitrogens is 1. The van der Waals surface area contributed by atoms with E-state index in [1.54, 1.807) is 27.8 Å². The van der Waals surface area contributed by atoms with Crippen LogP contribution >= 0.6 is 0 Å². The van der Waals surface area contributed by atoms with Crippen molar-refractivity contribution in [2.45, 2.75) is 64.5 Å². The van der Waals surface area contributed by atoms with Crippen LogP contribution in [-0.2, 0) is 9.53 Å². The summed E-state index contributed by atoms with van der Waals surface area (Å²) in [6.07, 6.45) is 3.47. The summed E-state index contributed by atoms with van der Waals surface area (Å²) in [4.78, 5) is 29.1. The van der Waals surface area contributed by atoms with Crippen LogP contribution in [0.5, 0.6) is 0 Å². The molecule has 1 heterocycles. The van der Waals surface area contributed by atoms with Crippen molar-refractivity contribution in [3.05, 3.63) is 22.5 Å². The fourth-order valence-corrected chi connectivity index (χ4v) is 3.79. The standard InChI is InChI=1S/C19H27N3O4/c1-12-16(14(3)23)13(2)21-17(12)18(25)26-10-15(24)22(4)19(11-20)8-6-5-7-9-19/h14,21,23H,5-10H2,1-4H3/t14-/m1/s1. The summed E-state index contributed by atoms with van der Waals surface area (Å²) >= 11 is 0. The predicted octanol–water partition coefficient (Wildman–Crippen LogP) is 2.53. The van der Waals surface area contributed by atoms with E-state index in [0.29, 0.717) is 29.7 Å². The summed E-state index contributed by atoms with van der Waals surface area (Å²) in [5, 5.41) is 19.4. The number of ether oxygens (including phenoxy) is 1. The molecular weight excluding hydrogens is 334 g/mol. The maximum Gasteiger partial charge on any atom is 0.355 e. The molecule has 2 N–H and O–H groups in total. The van der Waals surface area contributed by atoms with E-state index >= 15 is 0 Å². The number of nitrogens with zero attached hydrogens (tertiary/aromatic N) is 2. The van der Waals surface area contributed by atoms with Gasteiger partial charge in [0.05, 0.1) is 12.2 Å². The predicted molar refractivity (Wildman–Crippen MR) is 95.4 cm³/mol. The van der Waals surface area contributed by atoms with Crippen molar-refractivity contribution in [2.75, 3.05) is 13.7 Å². The number of hydrogen-bond donors (Lipinski definition) is 2. The van der Waals surface area contributed by atoms with Crippen molar-refractivity contribution >= 4 is 11.9 Å². The molecule has 1 aromatic rings. The number of rotatable bonds is 5. The molecule has 0 unspecified atom stereocenters. The zero-order valence-electron chi connectivity index (χ0n) is 15.9. The van der Waals surface area contributed by atoms with Gasteiger partial charge >= 0.3 is 5.97 Å². The maximum absolute atomic E-state index is 12.5. The largest absolute Gasteiger partial charge is 0.451 e. The molecular formula is C19H27N3O4. The number of carbonyl (C=O) groups is 2. The van der Waals surface area contributed by atoms with Gasteiger partial charge in [0.2, 0.25) is 0 Å². The van der Waals surface area contributed by atoms with Gasteiger partial charge in [0, 0.05) is 18.3 Å². The van der Waals surface area contributed by atoms with Crippen LogP contribution in [0, 0.1) is 25.2 Å². The van der Waals surface area contributed by atoms with Gasteiger partial charge in [0.15, 0.2) is 6.61 Å². The van der Waals surface area contributed by atoms with E-state index in [0.717, 1.165) is 19.3 Å². The second kappa shape index (κ2) is 7.92. The SMILES string of the molecule is Cc1[nH]c(C(=O)OCC(=O)N(C)C2(C#N)CCCCC2)c(C)c1[C@@H](C)O. The highest BCUT2D eigenvalue weighted by atomic mass is 16.5. The Morgan fingerprint density at radius 3 is 2.46 bits per heavy atom.